The molecular weight excluding hydrogens is 342 g/mol. The topological polar surface area (TPSA) is 46.6 Å². The molecule has 0 N–H and O–H groups in total. The number of aryl methyl sites for hydroxylation is 3. The van der Waals surface area contributed by atoms with Crippen LogP contribution in [0.25, 0.3) is 0 Å². The molecule has 24 heavy (non-hydrogen) atoms. The monoisotopic (exact) mass is 363 g/mol. The van der Waals surface area contributed by atoms with Crippen LogP contribution in [-0.4, -0.2) is 14.2 Å². The van der Waals surface area contributed by atoms with Gasteiger partial charge in [-0.1, -0.05) is 36.9 Å². The number of hydrogen-bond donors (Lipinski definition) is 0. The van der Waals surface area contributed by atoms with Gasteiger partial charge in [0.05, 0.1) is 17.1 Å². The van der Waals surface area contributed by atoms with Crippen molar-refractivity contribution >= 4 is 33.3 Å². The molecule has 0 bridgehead atoms. The smallest absolute Gasteiger partial charge is 0.202 e. The molecule has 0 saturated heterocycles. The molecule has 6 heteroatoms. The maximum absolute atomic E-state index is 12.3. The second-order valence-electron chi connectivity index (χ2n) is 6.08. The van der Waals surface area contributed by atoms with E-state index in [2.05, 4.69) is 6.07 Å². The Morgan fingerprint density at radius 3 is 2.58 bits per heavy atom. The lowest BCUT2D eigenvalue weighted by Gasteiger charge is -2.33. The quantitative estimate of drug-likeness (QED) is 0.774. The van der Waals surface area contributed by atoms with E-state index in [9.17, 15) is 8.42 Å². The summed E-state index contributed by atoms with van der Waals surface area (Å²) in [7, 11) is -3.64. The first-order chi connectivity index (χ1) is 11.3. The van der Waals surface area contributed by atoms with Crippen LogP contribution in [-0.2, 0) is 14.4 Å². The van der Waals surface area contributed by atoms with E-state index in [0.29, 0.717) is 6.42 Å². The van der Waals surface area contributed by atoms with Crippen molar-refractivity contribution in [1.29, 1.82) is 0 Å². The Bertz CT molecular complexity index is 891. The first-order valence-electron chi connectivity index (χ1n) is 7.93. The molecule has 0 amide bonds. The Hall–Kier alpha value is -1.50. The largest absolute Gasteiger partial charge is 0.288 e. The lowest BCUT2D eigenvalue weighted by atomic mass is 10.1. The third-order valence-corrected chi connectivity index (χ3v) is 6.43. The molecule has 1 aliphatic rings. The van der Waals surface area contributed by atoms with E-state index in [1.165, 1.54) is 5.06 Å². The fourth-order valence-electron chi connectivity index (χ4n) is 2.90. The van der Waals surface area contributed by atoms with Gasteiger partial charge in [0.2, 0.25) is 0 Å². The summed E-state index contributed by atoms with van der Waals surface area (Å²) in [5.41, 5.74) is 4.83. The van der Waals surface area contributed by atoms with Gasteiger partial charge in [-0.2, -0.15) is 8.42 Å². The Morgan fingerprint density at radius 2 is 1.88 bits per heavy atom. The average molecular weight is 364 g/mol. The molecular formula is C18H21NO3S2. The maximum Gasteiger partial charge on any atom is 0.288 e. The number of benzene rings is 2. The number of anilines is 2. The van der Waals surface area contributed by atoms with Crippen molar-refractivity contribution in [2.45, 2.75) is 43.9 Å². The molecule has 0 radical (unpaired) electrons. The molecule has 0 saturated carbocycles. The van der Waals surface area contributed by atoms with Crippen LogP contribution in [0.15, 0.2) is 40.1 Å². The number of rotatable bonds is 4. The molecule has 0 spiro atoms. The van der Waals surface area contributed by atoms with E-state index in [0.717, 1.165) is 37.9 Å². The van der Waals surface area contributed by atoms with Gasteiger partial charge in [0.15, 0.2) is 0 Å². The van der Waals surface area contributed by atoms with Gasteiger partial charge in [-0.25, -0.2) is 5.06 Å². The molecule has 0 unspecified atom stereocenters. The highest BCUT2D eigenvalue weighted by Gasteiger charge is 2.30. The molecule has 128 valence electrons. The summed E-state index contributed by atoms with van der Waals surface area (Å²) in [6.45, 7) is 7.88. The molecule has 1 heterocycles. The Morgan fingerprint density at radius 1 is 1.12 bits per heavy atom. The van der Waals surface area contributed by atoms with Crippen LogP contribution in [0.2, 0.25) is 0 Å². The summed E-state index contributed by atoms with van der Waals surface area (Å²) in [6, 6.07) is 9.97. The van der Waals surface area contributed by atoms with Crippen LogP contribution in [0.5, 0.6) is 0 Å². The third kappa shape index (κ3) is 3.18. The van der Waals surface area contributed by atoms with Gasteiger partial charge in [-0.05, 0) is 56.0 Å². The number of fused-ring (bicyclic) bond motifs is 2. The minimum Gasteiger partial charge on any atom is -0.202 e. The second kappa shape index (κ2) is 6.43. The van der Waals surface area contributed by atoms with Crippen LogP contribution in [0.4, 0.5) is 11.4 Å². The Balaban J connectivity index is 2.19. The SMILES string of the molecule is CCCS(=O)(=O)ON1c2cccc(C)c2Sc2cc(C)cc(C)c21. The fraction of sp³-hybridized carbons (Fsp3) is 0.333. The van der Waals surface area contributed by atoms with Crippen LogP contribution in [0.3, 0.4) is 0 Å². The molecule has 0 aromatic heterocycles. The molecule has 4 nitrogen and oxygen atoms in total. The fourth-order valence-corrected chi connectivity index (χ4v) is 5.14. The Labute approximate surface area is 147 Å². The van der Waals surface area contributed by atoms with Crippen LogP contribution in [0, 0.1) is 20.8 Å². The normalized spacial score (nSPS) is 13.6. The summed E-state index contributed by atoms with van der Waals surface area (Å²) >= 11 is 1.66. The predicted molar refractivity (Wildman–Crippen MR) is 98.5 cm³/mol. The highest BCUT2D eigenvalue weighted by atomic mass is 32.2. The second-order valence-corrected chi connectivity index (χ2v) is 8.81. The third-order valence-electron chi connectivity index (χ3n) is 3.88. The first-order valence-corrected chi connectivity index (χ1v) is 10.3. The molecule has 1 aliphatic heterocycles. The van der Waals surface area contributed by atoms with Crippen molar-refractivity contribution in [2.24, 2.45) is 0 Å². The van der Waals surface area contributed by atoms with Gasteiger partial charge in [-0.15, -0.1) is 4.28 Å². The van der Waals surface area contributed by atoms with Crippen molar-refractivity contribution in [1.82, 2.24) is 0 Å². The predicted octanol–water partition coefficient (Wildman–Crippen LogP) is 4.89. The van der Waals surface area contributed by atoms with Gasteiger partial charge < -0.3 is 0 Å². The zero-order valence-electron chi connectivity index (χ0n) is 14.3. The highest BCUT2D eigenvalue weighted by molar-refractivity contribution is 7.99. The van der Waals surface area contributed by atoms with Crippen molar-refractivity contribution in [3.63, 3.8) is 0 Å². The standard InChI is InChI=1S/C18H21NO3S2/c1-5-9-24(20,21)22-19-15-8-6-7-13(3)18(15)23-16-11-12(2)10-14(4)17(16)19/h6-8,10-11H,5,9H2,1-4H3. The summed E-state index contributed by atoms with van der Waals surface area (Å²) in [4.78, 5) is 2.04. The zero-order chi connectivity index (χ0) is 17.5. The minimum atomic E-state index is -3.64. The molecule has 0 atom stereocenters. The lowest BCUT2D eigenvalue weighted by Crippen LogP contribution is -2.27. The first kappa shape index (κ1) is 17.3. The lowest BCUT2D eigenvalue weighted by molar-refractivity contribution is 0.319. The van der Waals surface area contributed by atoms with Crippen LogP contribution in [0.1, 0.15) is 30.0 Å². The van der Waals surface area contributed by atoms with E-state index in [-0.39, 0.29) is 5.75 Å². The Kier molecular flexibility index (Phi) is 4.64. The van der Waals surface area contributed by atoms with Gasteiger partial charge in [0, 0.05) is 9.79 Å². The van der Waals surface area contributed by atoms with Crippen molar-refractivity contribution < 1.29 is 12.7 Å². The van der Waals surface area contributed by atoms with Gasteiger partial charge in [0.25, 0.3) is 10.1 Å². The molecule has 0 aliphatic carbocycles. The highest BCUT2D eigenvalue weighted by Crippen LogP contribution is 2.51. The minimum absolute atomic E-state index is 0.00195. The van der Waals surface area contributed by atoms with E-state index >= 15 is 0 Å². The number of hydrogen-bond acceptors (Lipinski definition) is 5. The zero-order valence-corrected chi connectivity index (χ0v) is 15.9. The van der Waals surface area contributed by atoms with Gasteiger partial charge in [-0.3, -0.25) is 0 Å². The van der Waals surface area contributed by atoms with Crippen LogP contribution >= 0.6 is 11.8 Å². The van der Waals surface area contributed by atoms with E-state index in [1.807, 2.05) is 52.0 Å². The van der Waals surface area contributed by atoms with E-state index in [4.69, 9.17) is 4.28 Å². The van der Waals surface area contributed by atoms with Crippen molar-refractivity contribution in [2.75, 3.05) is 10.8 Å². The summed E-state index contributed by atoms with van der Waals surface area (Å²) in [5, 5.41) is 1.49. The van der Waals surface area contributed by atoms with Gasteiger partial charge >= 0.3 is 0 Å². The summed E-state index contributed by atoms with van der Waals surface area (Å²) < 4.78 is 30.2. The maximum atomic E-state index is 12.3. The number of nitrogens with zero attached hydrogens (tertiary/aromatic N) is 1. The summed E-state index contributed by atoms with van der Waals surface area (Å²) in [5.74, 6) is -0.00195. The van der Waals surface area contributed by atoms with Crippen LogP contribution < -0.4 is 5.06 Å². The molecule has 0 fully saturated rings. The van der Waals surface area contributed by atoms with E-state index < -0.39 is 10.1 Å². The molecule has 2 aromatic carbocycles. The molecule has 3 rings (SSSR count). The van der Waals surface area contributed by atoms with Crippen molar-refractivity contribution in [3.05, 3.63) is 47.0 Å². The van der Waals surface area contributed by atoms with Crippen molar-refractivity contribution in [3.8, 4) is 0 Å². The van der Waals surface area contributed by atoms with Gasteiger partial charge in [0.1, 0.15) is 0 Å². The van der Waals surface area contributed by atoms with E-state index in [1.54, 1.807) is 11.8 Å². The average Bonchev–Trinajstić information content (AvgIpc) is 2.47. The summed E-state index contributed by atoms with van der Waals surface area (Å²) in [6.07, 6.45) is 0.519. The molecule has 2 aromatic rings.